The van der Waals surface area contributed by atoms with Crippen LogP contribution in [0.2, 0.25) is 0 Å². The molecular formula is C28H30O6. The van der Waals surface area contributed by atoms with Crippen molar-refractivity contribution in [3.63, 3.8) is 0 Å². The summed E-state index contributed by atoms with van der Waals surface area (Å²) in [6.07, 6.45) is 2.62. The number of phenolic OH excluding ortho intramolecular Hbond substituents is 1. The number of rotatable bonds is 12. The number of esters is 1. The number of methoxy groups -OCH3 is 1. The van der Waals surface area contributed by atoms with Crippen molar-refractivity contribution in [2.75, 3.05) is 20.3 Å². The Morgan fingerprint density at radius 1 is 0.824 bits per heavy atom. The van der Waals surface area contributed by atoms with Crippen molar-refractivity contribution in [3.05, 3.63) is 77.9 Å². The third-order valence-corrected chi connectivity index (χ3v) is 5.34. The fraction of sp³-hybridized carbons (Fsp3) is 0.286. The lowest BCUT2D eigenvalue weighted by Gasteiger charge is -2.10. The van der Waals surface area contributed by atoms with Gasteiger partial charge in [-0.05, 0) is 48.2 Å². The molecule has 3 aromatic carbocycles. The van der Waals surface area contributed by atoms with Crippen LogP contribution in [0.3, 0.4) is 0 Å². The molecule has 0 saturated heterocycles. The highest BCUT2D eigenvalue weighted by Gasteiger charge is 2.15. The molecule has 0 fully saturated rings. The largest absolute Gasteiger partial charge is 0.507 e. The van der Waals surface area contributed by atoms with Gasteiger partial charge in [-0.15, -0.1) is 0 Å². The number of unbranched alkanes of at least 4 members (excludes halogenated alkanes) is 1. The Morgan fingerprint density at radius 2 is 1.47 bits per heavy atom. The van der Waals surface area contributed by atoms with Crippen molar-refractivity contribution in [1.82, 2.24) is 0 Å². The molecule has 1 N–H and O–H groups in total. The Hall–Kier alpha value is -3.80. The molecule has 0 atom stereocenters. The molecule has 0 spiro atoms. The quantitative estimate of drug-likeness (QED) is 0.208. The number of hydrogen-bond acceptors (Lipinski definition) is 6. The number of benzene rings is 3. The van der Waals surface area contributed by atoms with Gasteiger partial charge in [-0.1, -0.05) is 49.7 Å². The number of hydrogen-bond donors (Lipinski definition) is 1. The molecule has 0 saturated carbocycles. The minimum absolute atomic E-state index is 0.152. The zero-order valence-corrected chi connectivity index (χ0v) is 19.6. The summed E-state index contributed by atoms with van der Waals surface area (Å²) in [4.78, 5) is 24.5. The normalized spacial score (nSPS) is 10.5. The van der Waals surface area contributed by atoms with E-state index in [4.69, 9.17) is 14.2 Å². The Kier molecular flexibility index (Phi) is 9.09. The monoisotopic (exact) mass is 462 g/mol. The van der Waals surface area contributed by atoms with Gasteiger partial charge in [0.05, 0.1) is 25.9 Å². The number of phenols is 1. The number of carbonyl (C=O) groups excluding carboxylic acids is 2. The number of ketones is 1. The highest BCUT2D eigenvalue weighted by Crippen LogP contribution is 2.28. The van der Waals surface area contributed by atoms with Gasteiger partial charge in [0.2, 0.25) is 0 Å². The first kappa shape index (κ1) is 24.8. The smallest absolute Gasteiger partial charge is 0.305 e. The van der Waals surface area contributed by atoms with Crippen LogP contribution < -0.4 is 9.47 Å². The molecule has 0 aliphatic carbocycles. The van der Waals surface area contributed by atoms with Crippen LogP contribution in [0.1, 0.15) is 48.5 Å². The van der Waals surface area contributed by atoms with Gasteiger partial charge in [0.25, 0.3) is 0 Å². The Balaban J connectivity index is 1.55. The molecular weight excluding hydrogens is 432 g/mol. The van der Waals surface area contributed by atoms with E-state index >= 15 is 0 Å². The van der Waals surface area contributed by atoms with Crippen LogP contribution >= 0.6 is 0 Å². The minimum atomic E-state index is -0.278. The summed E-state index contributed by atoms with van der Waals surface area (Å²) in [5, 5.41) is 10.4. The second-order valence-electron chi connectivity index (χ2n) is 7.84. The molecule has 34 heavy (non-hydrogen) atoms. The van der Waals surface area contributed by atoms with E-state index in [1.807, 2.05) is 43.3 Å². The summed E-state index contributed by atoms with van der Waals surface area (Å²) in [5.41, 5.74) is 2.66. The van der Waals surface area contributed by atoms with Gasteiger partial charge in [-0.3, -0.25) is 9.59 Å². The van der Waals surface area contributed by atoms with E-state index in [0.717, 1.165) is 29.7 Å². The molecule has 0 aliphatic heterocycles. The number of carbonyl (C=O) groups is 2. The van der Waals surface area contributed by atoms with E-state index in [9.17, 15) is 14.7 Å². The average Bonchev–Trinajstić information content (AvgIpc) is 2.87. The van der Waals surface area contributed by atoms with Crippen molar-refractivity contribution in [3.8, 4) is 28.4 Å². The SMILES string of the molecule is CCCCOC(=O)CCCOc1ccc(C(=O)c2ccc(-c3ccc(OC)cc3)cc2)c(O)c1. The van der Waals surface area contributed by atoms with Gasteiger partial charge < -0.3 is 19.3 Å². The standard InChI is InChI=1S/C28H30O6/c1-3-4-17-34-27(30)6-5-18-33-24-15-16-25(26(29)19-24)28(31)22-9-7-20(8-10-22)21-11-13-23(32-2)14-12-21/h7-16,19,29H,3-6,17-18H2,1-2H3. The molecule has 0 bridgehead atoms. The third-order valence-electron chi connectivity index (χ3n) is 5.34. The van der Waals surface area contributed by atoms with Crippen LogP contribution in [0.5, 0.6) is 17.2 Å². The lowest BCUT2D eigenvalue weighted by atomic mass is 9.99. The van der Waals surface area contributed by atoms with Crippen molar-refractivity contribution >= 4 is 11.8 Å². The molecule has 0 aromatic heterocycles. The fourth-order valence-corrected chi connectivity index (χ4v) is 3.36. The van der Waals surface area contributed by atoms with Crippen molar-refractivity contribution in [1.29, 1.82) is 0 Å². The molecule has 0 heterocycles. The van der Waals surface area contributed by atoms with E-state index in [2.05, 4.69) is 0 Å². The second-order valence-corrected chi connectivity index (χ2v) is 7.84. The highest BCUT2D eigenvalue weighted by molar-refractivity contribution is 6.10. The molecule has 3 rings (SSSR count). The first-order valence-corrected chi connectivity index (χ1v) is 11.4. The van der Waals surface area contributed by atoms with E-state index < -0.39 is 0 Å². The summed E-state index contributed by atoms with van der Waals surface area (Å²) in [7, 11) is 1.62. The van der Waals surface area contributed by atoms with Gasteiger partial charge in [-0.2, -0.15) is 0 Å². The Morgan fingerprint density at radius 3 is 2.09 bits per heavy atom. The van der Waals surface area contributed by atoms with Crippen LogP contribution in [-0.4, -0.2) is 37.2 Å². The maximum Gasteiger partial charge on any atom is 0.305 e. The molecule has 3 aromatic rings. The summed E-state index contributed by atoms with van der Waals surface area (Å²) >= 11 is 0. The molecule has 0 amide bonds. The summed E-state index contributed by atoms with van der Waals surface area (Å²) in [6.45, 7) is 2.79. The molecule has 178 valence electrons. The fourth-order valence-electron chi connectivity index (χ4n) is 3.36. The molecule has 0 aliphatic rings. The molecule has 0 unspecified atom stereocenters. The van der Waals surface area contributed by atoms with Gasteiger partial charge in [0.15, 0.2) is 5.78 Å². The first-order chi connectivity index (χ1) is 16.5. The van der Waals surface area contributed by atoms with E-state index in [0.29, 0.717) is 30.9 Å². The maximum absolute atomic E-state index is 12.9. The van der Waals surface area contributed by atoms with E-state index in [1.54, 1.807) is 31.4 Å². The van der Waals surface area contributed by atoms with Crippen molar-refractivity contribution < 1.29 is 28.9 Å². The third kappa shape index (κ3) is 6.85. The van der Waals surface area contributed by atoms with Crippen molar-refractivity contribution in [2.24, 2.45) is 0 Å². The van der Waals surface area contributed by atoms with Crippen molar-refractivity contribution in [2.45, 2.75) is 32.6 Å². The number of ether oxygens (including phenoxy) is 3. The predicted octanol–water partition coefficient (Wildman–Crippen LogP) is 5.80. The van der Waals surface area contributed by atoms with Gasteiger partial charge in [0, 0.05) is 18.1 Å². The zero-order chi connectivity index (χ0) is 24.3. The maximum atomic E-state index is 12.9. The van der Waals surface area contributed by atoms with Crippen LogP contribution in [-0.2, 0) is 9.53 Å². The average molecular weight is 463 g/mol. The zero-order valence-electron chi connectivity index (χ0n) is 19.6. The summed E-state index contributed by atoms with van der Waals surface area (Å²) < 4.78 is 15.9. The first-order valence-electron chi connectivity index (χ1n) is 11.4. The van der Waals surface area contributed by atoms with Crippen LogP contribution in [0.4, 0.5) is 0 Å². The molecule has 6 nitrogen and oxygen atoms in total. The van der Waals surface area contributed by atoms with Crippen LogP contribution in [0, 0.1) is 0 Å². The topological polar surface area (TPSA) is 82.1 Å². The van der Waals surface area contributed by atoms with Crippen LogP contribution in [0.15, 0.2) is 66.7 Å². The highest BCUT2D eigenvalue weighted by atomic mass is 16.5. The minimum Gasteiger partial charge on any atom is -0.507 e. The summed E-state index contributed by atoms with van der Waals surface area (Å²) in [6, 6.07) is 19.5. The number of aromatic hydroxyl groups is 1. The Bertz CT molecular complexity index is 1090. The van der Waals surface area contributed by atoms with Gasteiger partial charge >= 0.3 is 5.97 Å². The summed E-state index contributed by atoms with van der Waals surface area (Å²) in [5.74, 6) is 0.548. The van der Waals surface area contributed by atoms with E-state index in [-0.39, 0.29) is 29.5 Å². The van der Waals surface area contributed by atoms with Gasteiger partial charge in [-0.25, -0.2) is 0 Å². The Labute approximate surface area is 200 Å². The lowest BCUT2D eigenvalue weighted by molar-refractivity contribution is -0.144. The van der Waals surface area contributed by atoms with Crippen LogP contribution in [0.25, 0.3) is 11.1 Å². The van der Waals surface area contributed by atoms with Gasteiger partial charge in [0.1, 0.15) is 17.2 Å². The van der Waals surface area contributed by atoms with E-state index in [1.165, 1.54) is 6.07 Å². The predicted molar refractivity (Wildman–Crippen MR) is 131 cm³/mol. The second kappa shape index (κ2) is 12.4. The molecule has 0 radical (unpaired) electrons. The molecule has 6 heteroatoms. The lowest BCUT2D eigenvalue weighted by Crippen LogP contribution is -2.08.